The van der Waals surface area contributed by atoms with Crippen molar-refractivity contribution in [3.63, 3.8) is 0 Å². The van der Waals surface area contributed by atoms with Gasteiger partial charge in [0.05, 0.1) is 12.1 Å². The summed E-state index contributed by atoms with van der Waals surface area (Å²) in [6.07, 6.45) is -0.737. The molecule has 0 saturated carbocycles. The minimum absolute atomic E-state index is 0.172. The maximum Gasteiger partial charge on any atom is 0.251 e. The van der Waals surface area contributed by atoms with Crippen molar-refractivity contribution in [1.29, 1.82) is 0 Å². The van der Waals surface area contributed by atoms with Gasteiger partial charge in [-0.1, -0.05) is 60.2 Å². The molecule has 4 aromatic carbocycles. The van der Waals surface area contributed by atoms with Crippen LogP contribution in [-0.2, 0) is 6.54 Å². The van der Waals surface area contributed by atoms with E-state index in [2.05, 4.69) is 81.8 Å². The van der Waals surface area contributed by atoms with Gasteiger partial charge in [0.25, 0.3) is 5.91 Å². The number of carbonyl (C=O) groups is 1. The summed E-state index contributed by atoms with van der Waals surface area (Å²) in [6.45, 7) is 3.00. The molecule has 4 nitrogen and oxygen atoms in total. The van der Waals surface area contributed by atoms with Crippen molar-refractivity contribution >= 4 is 51.0 Å². The molecule has 4 rings (SSSR count). The number of hydrogen-bond donors (Lipinski definition) is 3. The zero-order valence-corrected chi connectivity index (χ0v) is 22.6. The molecule has 0 bridgehead atoms. The topological polar surface area (TPSA) is 61.4 Å². The van der Waals surface area contributed by atoms with Gasteiger partial charge in [0, 0.05) is 32.9 Å². The van der Waals surface area contributed by atoms with Crippen LogP contribution in [0.2, 0.25) is 0 Å². The summed E-state index contributed by atoms with van der Waals surface area (Å²) in [5.74, 6) is 0.386. The highest BCUT2D eigenvalue weighted by atomic mass is 127. The molecule has 2 unspecified atom stereocenters. The molecule has 1 amide bonds. The normalized spacial score (nSPS) is 12.9. The lowest BCUT2D eigenvalue weighted by Gasteiger charge is -2.25. The molecule has 3 N–H and O–H groups in total. The molecule has 0 fully saturated rings. The van der Waals surface area contributed by atoms with Gasteiger partial charge in [-0.3, -0.25) is 4.79 Å². The lowest BCUT2D eigenvalue weighted by Crippen LogP contribution is -2.49. The number of halogens is 1. The van der Waals surface area contributed by atoms with Crippen LogP contribution in [0.3, 0.4) is 0 Å². The average molecular weight is 597 g/mol. The van der Waals surface area contributed by atoms with Crippen molar-refractivity contribution in [3.05, 3.63) is 111 Å². The number of fused-ring (bicyclic) bond motifs is 1. The summed E-state index contributed by atoms with van der Waals surface area (Å²) in [5, 5.41) is 19.8. The first-order chi connectivity index (χ1) is 17.0. The second-order valence-electron chi connectivity index (χ2n) is 8.60. The van der Waals surface area contributed by atoms with Crippen LogP contribution in [0.1, 0.15) is 21.5 Å². The number of benzene rings is 4. The molecule has 6 heteroatoms. The summed E-state index contributed by atoms with van der Waals surface area (Å²) < 4.78 is 1.18. The molecular formula is C29H29IN2O2S. The van der Waals surface area contributed by atoms with Crippen LogP contribution in [0.25, 0.3) is 10.8 Å². The third-order valence-electron chi connectivity index (χ3n) is 5.78. The standard InChI is InChI=1S/C29H29IN2O2S/c1-20-6-4-10-24(14-20)29(34)32-27(28(33)18-31-17-21-7-5-11-25(30)15-21)19-35-26-13-12-22-8-2-3-9-23(22)16-26/h2-16,27-28,31,33H,17-19H2,1H3,(H,32,34). The highest BCUT2D eigenvalue weighted by molar-refractivity contribution is 14.1. The van der Waals surface area contributed by atoms with E-state index in [9.17, 15) is 9.90 Å². The van der Waals surface area contributed by atoms with Crippen LogP contribution in [0.5, 0.6) is 0 Å². The van der Waals surface area contributed by atoms with Crippen LogP contribution >= 0.6 is 34.4 Å². The van der Waals surface area contributed by atoms with Crippen LogP contribution in [0, 0.1) is 10.5 Å². The van der Waals surface area contributed by atoms with Crippen LogP contribution in [0.15, 0.2) is 95.9 Å². The van der Waals surface area contributed by atoms with Gasteiger partial charge in [0.1, 0.15) is 0 Å². The Morgan fingerprint density at radius 1 is 0.943 bits per heavy atom. The summed E-state index contributed by atoms with van der Waals surface area (Å²) in [6, 6.07) is 30.0. The van der Waals surface area contributed by atoms with Gasteiger partial charge in [0.15, 0.2) is 0 Å². The molecule has 0 aliphatic rings. The Labute approximate surface area is 224 Å². The van der Waals surface area contributed by atoms with E-state index >= 15 is 0 Å². The fraction of sp³-hybridized carbons (Fsp3) is 0.207. The Morgan fingerprint density at radius 2 is 1.74 bits per heavy atom. The molecule has 35 heavy (non-hydrogen) atoms. The third kappa shape index (κ3) is 7.54. The zero-order chi connectivity index (χ0) is 24.6. The first kappa shape index (κ1) is 25.7. The summed E-state index contributed by atoms with van der Waals surface area (Å²) >= 11 is 3.94. The molecule has 0 aliphatic carbocycles. The largest absolute Gasteiger partial charge is 0.390 e. The maximum absolute atomic E-state index is 13.0. The number of amides is 1. The van der Waals surface area contributed by atoms with Crippen LogP contribution in [0.4, 0.5) is 0 Å². The van der Waals surface area contributed by atoms with Gasteiger partial charge in [-0.05, 0) is 82.2 Å². The molecule has 0 radical (unpaired) electrons. The summed E-state index contributed by atoms with van der Waals surface area (Å²) in [5.41, 5.74) is 2.79. The number of aliphatic hydroxyl groups is 1. The van der Waals surface area contributed by atoms with Gasteiger partial charge in [-0.2, -0.15) is 0 Å². The number of aryl methyl sites for hydroxylation is 1. The highest BCUT2D eigenvalue weighted by Gasteiger charge is 2.22. The number of thioether (sulfide) groups is 1. The maximum atomic E-state index is 13.0. The summed E-state index contributed by atoms with van der Waals surface area (Å²) in [4.78, 5) is 14.1. The van der Waals surface area contributed by atoms with Crippen LogP contribution < -0.4 is 10.6 Å². The fourth-order valence-corrected chi connectivity index (χ4v) is 5.54. The quantitative estimate of drug-likeness (QED) is 0.160. The lowest BCUT2D eigenvalue weighted by molar-refractivity contribution is 0.0854. The number of carbonyl (C=O) groups excluding carboxylic acids is 1. The minimum atomic E-state index is -0.737. The van der Waals surface area contributed by atoms with E-state index in [1.54, 1.807) is 17.8 Å². The molecule has 0 aliphatic heterocycles. The monoisotopic (exact) mass is 596 g/mol. The number of hydrogen-bond acceptors (Lipinski definition) is 4. The second-order valence-corrected chi connectivity index (χ2v) is 10.9. The van der Waals surface area contributed by atoms with E-state index < -0.39 is 12.1 Å². The number of rotatable bonds is 10. The molecule has 0 heterocycles. The molecule has 0 saturated heterocycles. The van der Waals surface area contributed by atoms with E-state index in [0.29, 0.717) is 24.4 Å². The Hall–Kier alpha value is -2.39. The smallest absolute Gasteiger partial charge is 0.251 e. The Morgan fingerprint density at radius 3 is 2.54 bits per heavy atom. The molecule has 0 aromatic heterocycles. The van der Waals surface area contributed by atoms with Crippen molar-refractivity contribution in [2.75, 3.05) is 12.3 Å². The lowest BCUT2D eigenvalue weighted by atomic mass is 10.1. The van der Waals surface area contributed by atoms with Crippen molar-refractivity contribution in [2.45, 2.75) is 30.5 Å². The fourth-order valence-electron chi connectivity index (χ4n) is 3.88. The van der Waals surface area contributed by atoms with E-state index in [0.717, 1.165) is 16.0 Å². The Kier molecular flexibility index (Phi) is 9.20. The predicted molar refractivity (Wildman–Crippen MR) is 154 cm³/mol. The summed E-state index contributed by atoms with van der Waals surface area (Å²) in [7, 11) is 0. The molecule has 0 spiro atoms. The first-order valence-corrected chi connectivity index (χ1v) is 13.7. The van der Waals surface area contributed by atoms with E-state index in [1.807, 2.05) is 43.3 Å². The molecule has 2 atom stereocenters. The van der Waals surface area contributed by atoms with Crippen molar-refractivity contribution in [3.8, 4) is 0 Å². The van der Waals surface area contributed by atoms with Crippen LogP contribution in [-0.4, -0.2) is 35.5 Å². The number of aliphatic hydroxyl groups excluding tert-OH is 1. The van der Waals surface area contributed by atoms with Gasteiger partial charge < -0.3 is 15.7 Å². The minimum Gasteiger partial charge on any atom is -0.390 e. The van der Waals surface area contributed by atoms with E-state index in [1.165, 1.54) is 14.3 Å². The molecular weight excluding hydrogens is 567 g/mol. The van der Waals surface area contributed by atoms with E-state index in [4.69, 9.17) is 0 Å². The van der Waals surface area contributed by atoms with Gasteiger partial charge in [0.2, 0.25) is 0 Å². The average Bonchev–Trinajstić information content (AvgIpc) is 2.86. The molecule has 4 aromatic rings. The van der Waals surface area contributed by atoms with Crippen molar-refractivity contribution in [2.24, 2.45) is 0 Å². The van der Waals surface area contributed by atoms with Gasteiger partial charge in [-0.25, -0.2) is 0 Å². The molecule has 180 valence electrons. The first-order valence-electron chi connectivity index (χ1n) is 11.6. The SMILES string of the molecule is Cc1cccc(C(=O)NC(CSc2ccc3ccccc3c2)C(O)CNCc2cccc(I)c2)c1. The third-order valence-corrected chi connectivity index (χ3v) is 7.57. The number of nitrogens with one attached hydrogen (secondary N) is 2. The van der Waals surface area contributed by atoms with Crippen molar-refractivity contribution < 1.29 is 9.90 Å². The van der Waals surface area contributed by atoms with Gasteiger partial charge in [-0.15, -0.1) is 11.8 Å². The van der Waals surface area contributed by atoms with Crippen molar-refractivity contribution in [1.82, 2.24) is 10.6 Å². The zero-order valence-electron chi connectivity index (χ0n) is 19.6. The Balaban J connectivity index is 1.43. The second kappa shape index (κ2) is 12.5. The Bertz CT molecular complexity index is 1300. The predicted octanol–water partition coefficient (Wildman–Crippen LogP) is 5.79. The van der Waals surface area contributed by atoms with E-state index in [-0.39, 0.29) is 5.91 Å². The highest BCUT2D eigenvalue weighted by Crippen LogP contribution is 2.25. The van der Waals surface area contributed by atoms with Gasteiger partial charge >= 0.3 is 0 Å².